The van der Waals surface area contributed by atoms with E-state index in [9.17, 15) is 13.2 Å². The molecule has 228 valence electrons. The fraction of sp³-hybridized carbons (Fsp3) is 0.312. The van der Waals surface area contributed by atoms with E-state index in [-0.39, 0.29) is 40.2 Å². The van der Waals surface area contributed by atoms with E-state index in [0.717, 1.165) is 54.7 Å². The number of nitrogens with two attached hydrogens (primary N) is 1. The average Bonchev–Trinajstić information content (AvgIpc) is 3.00. The van der Waals surface area contributed by atoms with Crippen molar-refractivity contribution in [2.45, 2.75) is 38.1 Å². The second-order valence-electron chi connectivity index (χ2n) is 11.7. The van der Waals surface area contributed by atoms with Crippen LogP contribution in [0.25, 0.3) is 11.3 Å². The number of hydrogen-bond acceptors (Lipinski definition) is 9. The van der Waals surface area contributed by atoms with Crippen molar-refractivity contribution in [1.82, 2.24) is 25.2 Å². The third kappa shape index (κ3) is 6.36. The summed E-state index contributed by atoms with van der Waals surface area (Å²) < 4.78 is 35.6. The van der Waals surface area contributed by atoms with Crippen LogP contribution < -0.4 is 20.5 Å². The second-order valence-corrected chi connectivity index (χ2v) is 13.3. The number of aryl methyl sites for hydroxylation is 2. The van der Waals surface area contributed by atoms with Crippen LogP contribution in [0.2, 0.25) is 0 Å². The standard InChI is InChI=1S/C32H35N7O4S/c1-21-5-3-6-22(2)29(21)26-16-28-37-31(36-26)38-44(41,42)25-8-4-7-24(15-25)30(40)35-19-32(20-43-28)11-13-39(14-12-32)18-23-9-10-27(33)34-17-23/h3-10,15-17H,11-14,18-20H2,1-2H3,(H2,33,34)(H,35,40)(H,36,37,38). The second kappa shape index (κ2) is 11.9. The van der Waals surface area contributed by atoms with Crippen LogP contribution in [-0.4, -0.2) is 60.4 Å². The van der Waals surface area contributed by atoms with Gasteiger partial charge in [0.1, 0.15) is 5.82 Å². The first-order valence-electron chi connectivity index (χ1n) is 14.5. The fourth-order valence-electron chi connectivity index (χ4n) is 5.82. The zero-order chi connectivity index (χ0) is 30.9. The highest BCUT2D eigenvalue weighted by atomic mass is 32.2. The monoisotopic (exact) mass is 613 g/mol. The molecular formula is C32H35N7O4S. The minimum atomic E-state index is -4.10. The first-order chi connectivity index (χ1) is 21.1. The van der Waals surface area contributed by atoms with E-state index in [1.807, 2.05) is 38.1 Å². The van der Waals surface area contributed by atoms with Gasteiger partial charge in [-0.25, -0.2) is 23.1 Å². The molecule has 1 amide bonds. The molecule has 44 heavy (non-hydrogen) atoms. The van der Waals surface area contributed by atoms with E-state index in [4.69, 9.17) is 10.5 Å². The summed E-state index contributed by atoms with van der Waals surface area (Å²) in [5.41, 5.74) is 10.1. The Bertz CT molecular complexity index is 1780. The number of sulfonamides is 1. The summed E-state index contributed by atoms with van der Waals surface area (Å²) in [6.45, 7) is 6.94. The van der Waals surface area contributed by atoms with E-state index in [2.05, 4.69) is 29.9 Å². The number of rotatable bonds is 3. The number of amides is 1. The van der Waals surface area contributed by atoms with Gasteiger partial charge in [-0.1, -0.05) is 30.3 Å². The minimum absolute atomic E-state index is 0.0640. The molecule has 0 aliphatic carbocycles. The van der Waals surface area contributed by atoms with Crippen molar-refractivity contribution in [1.29, 1.82) is 0 Å². The molecule has 12 heteroatoms. The van der Waals surface area contributed by atoms with E-state index in [0.29, 0.717) is 18.1 Å². The van der Waals surface area contributed by atoms with Gasteiger partial charge in [0.25, 0.3) is 15.9 Å². The van der Waals surface area contributed by atoms with Gasteiger partial charge in [-0.05, 0) is 80.7 Å². The molecule has 4 bridgehead atoms. The Kier molecular flexibility index (Phi) is 7.95. The van der Waals surface area contributed by atoms with E-state index < -0.39 is 10.0 Å². The highest BCUT2D eigenvalue weighted by molar-refractivity contribution is 7.92. The molecule has 1 fully saturated rings. The van der Waals surface area contributed by atoms with E-state index in [1.165, 1.54) is 12.1 Å². The molecule has 4 heterocycles. The molecule has 2 aromatic heterocycles. The average molecular weight is 614 g/mol. The van der Waals surface area contributed by atoms with Crippen LogP contribution in [0, 0.1) is 19.3 Å². The zero-order valence-corrected chi connectivity index (χ0v) is 25.5. The van der Waals surface area contributed by atoms with Gasteiger partial charge in [0, 0.05) is 41.9 Å². The molecule has 11 nitrogen and oxygen atoms in total. The molecule has 0 unspecified atom stereocenters. The van der Waals surface area contributed by atoms with Gasteiger partial charge in [0.05, 0.1) is 17.2 Å². The molecule has 1 saturated heterocycles. The van der Waals surface area contributed by atoms with E-state index in [1.54, 1.807) is 30.5 Å². The number of nitrogens with one attached hydrogen (secondary N) is 2. The maximum atomic E-state index is 13.4. The molecule has 1 spiro atoms. The van der Waals surface area contributed by atoms with Crippen molar-refractivity contribution in [2.24, 2.45) is 5.41 Å². The van der Waals surface area contributed by atoms with Crippen LogP contribution >= 0.6 is 0 Å². The lowest BCUT2D eigenvalue weighted by Crippen LogP contribution is -2.49. The molecule has 2 aliphatic heterocycles. The Morgan fingerprint density at radius 2 is 1.75 bits per heavy atom. The van der Waals surface area contributed by atoms with Crippen molar-refractivity contribution >= 4 is 27.7 Å². The van der Waals surface area contributed by atoms with E-state index >= 15 is 0 Å². The van der Waals surface area contributed by atoms with Crippen molar-refractivity contribution in [2.75, 3.05) is 36.7 Å². The molecule has 0 radical (unpaired) electrons. The number of anilines is 2. The first-order valence-corrected chi connectivity index (χ1v) is 16.0. The predicted molar refractivity (Wildman–Crippen MR) is 168 cm³/mol. The molecule has 2 aromatic carbocycles. The van der Waals surface area contributed by atoms with Crippen LogP contribution in [0.4, 0.5) is 11.8 Å². The summed E-state index contributed by atoms with van der Waals surface area (Å²) in [6, 6.07) is 17.4. The number of pyridine rings is 1. The molecule has 6 rings (SSSR count). The zero-order valence-electron chi connectivity index (χ0n) is 24.7. The van der Waals surface area contributed by atoms with Gasteiger partial charge in [-0.2, -0.15) is 4.98 Å². The summed E-state index contributed by atoms with van der Waals surface area (Å²) >= 11 is 0. The predicted octanol–water partition coefficient (Wildman–Crippen LogP) is 3.94. The summed E-state index contributed by atoms with van der Waals surface area (Å²) in [7, 11) is -4.10. The molecule has 4 aromatic rings. The largest absolute Gasteiger partial charge is 0.477 e. The number of hydrogen-bond donors (Lipinski definition) is 3. The number of piperidine rings is 1. The van der Waals surface area contributed by atoms with Gasteiger partial charge < -0.3 is 15.8 Å². The summed E-state index contributed by atoms with van der Waals surface area (Å²) in [5, 5.41) is 3.05. The van der Waals surface area contributed by atoms with Crippen molar-refractivity contribution in [3.8, 4) is 17.1 Å². The lowest BCUT2D eigenvalue weighted by Gasteiger charge is -2.41. The third-order valence-electron chi connectivity index (χ3n) is 8.39. The Hall–Kier alpha value is -4.55. The topological polar surface area (TPSA) is 152 Å². The SMILES string of the molecule is Cc1cccc(C)c1-c1cc2nc(n1)NS(=O)(=O)c1cccc(c1)C(=O)NCC1(CCN(Cc3ccc(N)nc3)CC1)CO2. The number of likely N-dealkylation sites (tertiary alicyclic amines) is 1. The van der Waals surface area contributed by atoms with Crippen LogP contribution in [0.1, 0.15) is 39.9 Å². The normalized spacial score (nSPS) is 18.0. The molecule has 0 saturated carbocycles. The summed E-state index contributed by atoms with van der Waals surface area (Å²) in [6.07, 6.45) is 3.33. The fourth-order valence-corrected chi connectivity index (χ4v) is 6.81. The number of carbonyl (C=O) groups excluding carboxylic acids is 1. The number of nitrogen functional groups attached to an aromatic ring is 1. The lowest BCUT2D eigenvalue weighted by molar-refractivity contribution is 0.0472. The Balaban J connectivity index is 1.35. The Morgan fingerprint density at radius 3 is 2.48 bits per heavy atom. The molecule has 0 atom stereocenters. The van der Waals surface area contributed by atoms with Crippen LogP contribution in [-0.2, 0) is 16.6 Å². The van der Waals surface area contributed by atoms with Gasteiger partial charge in [0.15, 0.2) is 0 Å². The highest BCUT2D eigenvalue weighted by Crippen LogP contribution is 2.34. The van der Waals surface area contributed by atoms with Gasteiger partial charge in [-0.15, -0.1) is 0 Å². The molecule has 2 aliphatic rings. The molecule has 4 N–H and O–H groups in total. The summed E-state index contributed by atoms with van der Waals surface area (Å²) in [5.74, 6) is 0.294. The molecular weight excluding hydrogens is 578 g/mol. The number of aromatic nitrogens is 3. The quantitative estimate of drug-likeness (QED) is 0.312. The number of carbonyl (C=O) groups is 1. The van der Waals surface area contributed by atoms with Crippen LogP contribution in [0.15, 0.2) is 71.8 Å². The van der Waals surface area contributed by atoms with Crippen molar-refractivity contribution in [3.05, 3.63) is 89.1 Å². The Morgan fingerprint density at radius 1 is 1.00 bits per heavy atom. The first kappa shape index (κ1) is 29.5. The summed E-state index contributed by atoms with van der Waals surface area (Å²) in [4.78, 5) is 28.8. The van der Waals surface area contributed by atoms with Crippen molar-refractivity contribution < 1.29 is 17.9 Å². The highest BCUT2D eigenvalue weighted by Gasteiger charge is 2.37. The minimum Gasteiger partial charge on any atom is -0.477 e. The van der Waals surface area contributed by atoms with Gasteiger partial charge in [-0.3, -0.25) is 9.69 Å². The number of nitrogens with zero attached hydrogens (tertiary/aromatic N) is 4. The van der Waals surface area contributed by atoms with Crippen LogP contribution in [0.3, 0.4) is 0 Å². The Labute approximate surface area is 256 Å². The number of benzene rings is 2. The lowest BCUT2D eigenvalue weighted by atomic mass is 9.78. The maximum Gasteiger partial charge on any atom is 0.264 e. The van der Waals surface area contributed by atoms with Crippen LogP contribution in [0.5, 0.6) is 5.88 Å². The van der Waals surface area contributed by atoms with Gasteiger partial charge in [0.2, 0.25) is 11.8 Å². The maximum absolute atomic E-state index is 13.4. The van der Waals surface area contributed by atoms with Crippen molar-refractivity contribution in [3.63, 3.8) is 0 Å². The van der Waals surface area contributed by atoms with Gasteiger partial charge >= 0.3 is 0 Å². The smallest absolute Gasteiger partial charge is 0.264 e. The number of ether oxygens (including phenoxy) is 1. The third-order valence-corrected chi connectivity index (χ3v) is 9.72. The number of fused-ring (bicyclic) bond motifs is 4.